The quantitative estimate of drug-likeness (QED) is 0.455. The number of aromatic nitrogens is 1. The average molecular weight is 201 g/mol. The highest BCUT2D eigenvalue weighted by molar-refractivity contribution is 9.09. The summed E-state index contributed by atoms with van der Waals surface area (Å²) in [5.41, 5.74) is 0. The minimum atomic E-state index is 0.309. The normalized spacial score (nSPS) is 21.9. The van der Waals surface area contributed by atoms with Gasteiger partial charge in [0.25, 0.3) is 0 Å². The monoisotopic (exact) mass is 200 g/mol. The second-order valence-electron chi connectivity index (χ2n) is 2.19. The minimum absolute atomic E-state index is 0.309. The fourth-order valence-electron chi connectivity index (χ4n) is 1.03. The van der Waals surface area contributed by atoms with Crippen molar-refractivity contribution < 1.29 is 9.30 Å². The van der Waals surface area contributed by atoms with Gasteiger partial charge in [0, 0.05) is 6.07 Å². The summed E-state index contributed by atoms with van der Waals surface area (Å²) in [6, 6.07) is 5.92. The van der Waals surface area contributed by atoms with Crippen molar-refractivity contribution in [2.45, 2.75) is 4.95 Å². The van der Waals surface area contributed by atoms with Crippen molar-refractivity contribution in [1.82, 2.24) is 0 Å². The van der Waals surface area contributed by atoms with Crippen molar-refractivity contribution in [2.24, 2.45) is 0 Å². The highest BCUT2D eigenvalue weighted by Crippen LogP contribution is 2.19. The second kappa shape index (κ2) is 2.23. The Morgan fingerprint density at radius 1 is 1.60 bits per heavy atom. The van der Waals surface area contributed by atoms with Crippen molar-refractivity contribution in [3.05, 3.63) is 24.4 Å². The van der Waals surface area contributed by atoms with Crippen LogP contribution in [0.3, 0.4) is 0 Å². The maximum Gasteiger partial charge on any atom is 0.369 e. The SMILES string of the molecule is BrC1COc2cccc[n+]21. The summed E-state index contributed by atoms with van der Waals surface area (Å²) in [4.78, 5) is 0.309. The van der Waals surface area contributed by atoms with Gasteiger partial charge in [-0.25, -0.2) is 0 Å². The molecule has 0 saturated carbocycles. The fourth-order valence-corrected chi connectivity index (χ4v) is 1.50. The minimum Gasteiger partial charge on any atom is -0.436 e. The summed E-state index contributed by atoms with van der Waals surface area (Å²) in [5.74, 6) is 0.935. The number of hydrogen-bond donors (Lipinski definition) is 0. The van der Waals surface area contributed by atoms with E-state index in [0.29, 0.717) is 4.95 Å². The van der Waals surface area contributed by atoms with Gasteiger partial charge in [-0.1, -0.05) is 0 Å². The molecule has 2 rings (SSSR count). The Labute approximate surface area is 67.6 Å². The van der Waals surface area contributed by atoms with E-state index in [1.807, 2.05) is 24.4 Å². The maximum absolute atomic E-state index is 5.33. The van der Waals surface area contributed by atoms with E-state index in [9.17, 15) is 0 Å². The molecule has 52 valence electrons. The van der Waals surface area contributed by atoms with E-state index in [1.54, 1.807) is 0 Å². The molecular weight excluding hydrogens is 194 g/mol. The van der Waals surface area contributed by atoms with Crippen LogP contribution in [0.1, 0.15) is 4.95 Å². The van der Waals surface area contributed by atoms with E-state index in [1.165, 1.54) is 0 Å². The number of pyridine rings is 1. The molecule has 0 fully saturated rings. The van der Waals surface area contributed by atoms with Crippen LogP contribution in [0, 0.1) is 0 Å². The van der Waals surface area contributed by atoms with Gasteiger partial charge in [-0.2, -0.15) is 4.57 Å². The van der Waals surface area contributed by atoms with Crippen LogP contribution in [-0.4, -0.2) is 6.61 Å². The van der Waals surface area contributed by atoms with Crippen LogP contribution in [-0.2, 0) is 0 Å². The van der Waals surface area contributed by atoms with Gasteiger partial charge in [0.2, 0.25) is 4.95 Å². The highest BCUT2D eigenvalue weighted by atomic mass is 79.9. The molecule has 1 aliphatic rings. The Balaban J connectivity index is 2.51. The molecule has 0 spiro atoms. The summed E-state index contributed by atoms with van der Waals surface area (Å²) < 4.78 is 7.38. The number of ether oxygens (including phenoxy) is 1. The molecule has 0 radical (unpaired) electrons. The van der Waals surface area contributed by atoms with Crippen molar-refractivity contribution in [3.63, 3.8) is 0 Å². The zero-order valence-electron chi connectivity index (χ0n) is 5.33. The topological polar surface area (TPSA) is 13.1 Å². The molecule has 2 heterocycles. The summed E-state index contributed by atoms with van der Waals surface area (Å²) in [5, 5.41) is 0. The first-order chi connectivity index (χ1) is 4.88. The van der Waals surface area contributed by atoms with E-state index in [4.69, 9.17) is 4.74 Å². The van der Waals surface area contributed by atoms with Gasteiger partial charge < -0.3 is 4.74 Å². The first-order valence-corrected chi connectivity index (χ1v) is 4.06. The molecule has 0 saturated heterocycles. The predicted octanol–water partition coefficient (Wildman–Crippen LogP) is 1.26. The van der Waals surface area contributed by atoms with Gasteiger partial charge in [0.1, 0.15) is 0 Å². The van der Waals surface area contributed by atoms with Gasteiger partial charge >= 0.3 is 5.88 Å². The number of nitrogens with zero attached hydrogens (tertiary/aromatic N) is 1. The van der Waals surface area contributed by atoms with Crippen molar-refractivity contribution in [3.8, 4) is 5.88 Å². The lowest BCUT2D eigenvalue weighted by atomic mass is 10.5. The molecule has 1 unspecified atom stereocenters. The van der Waals surface area contributed by atoms with E-state index >= 15 is 0 Å². The van der Waals surface area contributed by atoms with E-state index in [-0.39, 0.29) is 0 Å². The van der Waals surface area contributed by atoms with Crippen molar-refractivity contribution in [2.75, 3.05) is 6.61 Å². The van der Waals surface area contributed by atoms with Crippen LogP contribution >= 0.6 is 15.9 Å². The average Bonchev–Trinajstić information content (AvgIpc) is 2.34. The second-order valence-corrected chi connectivity index (χ2v) is 3.25. The highest BCUT2D eigenvalue weighted by Gasteiger charge is 2.28. The van der Waals surface area contributed by atoms with Crippen molar-refractivity contribution in [1.29, 1.82) is 0 Å². The molecule has 1 aromatic rings. The first kappa shape index (κ1) is 6.16. The van der Waals surface area contributed by atoms with Gasteiger partial charge in [-0.05, 0) is 22.0 Å². The van der Waals surface area contributed by atoms with Crippen LogP contribution in [0.4, 0.5) is 0 Å². The first-order valence-electron chi connectivity index (χ1n) is 3.15. The Morgan fingerprint density at radius 2 is 2.50 bits per heavy atom. The molecule has 0 bridgehead atoms. The summed E-state index contributed by atoms with van der Waals surface area (Å²) in [6.07, 6.45) is 2.00. The number of halogens is 1. The third kappa shape index (κ3) is 0.814. The lowest BCUT2D eigenvalue weighted by Crippen LogP contribution is -2.31. The van der Waals surface area contributed by atoms with Crippen LogP contribution < -0.4 is 9.30 Å². The number of rotatable bonds is 0. The molecule has 3 heteroatoms. The van der Waals surface area contributed by atoms with Crippen molar-refractivity contribution >= 4 is 15.9 Å². The van der Waals surface area contributed by atoms with Crippen LogP contribution in [0.5, 0.6) is 5.88 Å². The van der Waals surface area contributed by atoms with Gasteiger partial charge in [-0.15, -0.1) is 0 Å². The smallest absolute Gasteiger partial charge is 0.369 e. The van der Waals surface area contributed by atoms with E-state index in [0.717, 1.165) is 12.5 Å². The summed E-state index contributed by atoms with van der Waals surface area (Å²) >= 11 is 3.47. The molecule has 1 atom stereocenters. The molecule has 2 nitrogen and oxygen atoms in total. The van der Waals surface area contributed by atoms with E-state index in [2.05, 4.69) is 20.5 Å². The summed E-state index contributed by atoms with van der Waals surface area (Å²) in [7, 11) is 0. The van der Waals surface area contributed by atoms with Crippen LogP contribution in [0.15, 0.2) is 24.4 Å². The molecular formula is C7H7BrNO+. The molecule has 0 aromatic carbocycles. The number of hydrogen-bond acceptors (Lipinski definition) is 1. The van der Waals surface area contributed by atoms with Gasteiger partial charge in [0.05, 0.1) is 6.07 Å². The van der Waals surface area contributed by atoms with Crippen LogP contribution in [0.2, 0.25) is 0 Å². The lowest BCUT2D eigenvalue weighted by Gasteiger charge is -1.89. The van der Waals surface area contributed by atoms with Gasteiger partial charge in [0.15, 0.2) is 12.8 Å². The van der Waals surface area contributed by atoms with Gasteiger partial charge in [-0.3, -0.25) is 0 Å². The van der Waals surface area contributed by atoms with Crippen LogP contribution in [0.25, 0.3) is 0 Å². The predicted molar refractivity (Wildman–Crippen MR) is 40.1 cm³/mol. The Morgan fingerprint density at radius 3 is 3.30 bits per heavy atom. The molecule has 0 N–H and O–H groups in total. The summed E-state index contributed by atoms with van der Waals surface area (Å²) in [6.45, 7) is 0.726. The number of fused-ring (bicyclic) bond motifs is 1. The Bertz CT molecular complexity index is 251. The maximum atomic E-state index is 5.33. The third-order valence-electron chi connectivity index (χ3n) is 1.52. The Kier molecular flexibility index (Phi) is 1.38. The largest absolute Gasteiger partial charge is 0.436 e. The standard InChI is InChI=1S/C7H7BrNO/c8-6-5-10-7-3-1-2-4-9(6)7/h1-4,6H,5H2/q+1. The zero-order chi connectivity index (χ0) is 6.97. The lowest BCUT2D eigenvalue weighted by molar-refractivity contribution is -0.680. The number of alkyl halides is 1. The Hall–Kier alpha value is -0.570. The molecule has 0 aliphatic carbocycles. The molecule has 10 heavy (non-hydrogen) atoms. The van der Waals surface area contributed by atoms with E-state index < -0.39 is 0 Å². The fraction of sp³-hybridized carbons (Fsp3) is 0.286. The molecule has 1 aromatic heterocycles. The third-order valence-corrected chi connectivity index (χ3v) is 2.23. The zero-order valence-corrected chi connectivity index (χ0v) is 6.91. The molecule has 1 aliphatic heterocycles. The molecule has 0 amide bonds.